The quantitative estimate of drug-likeness (QED) is 0.385. The lowest BCUT2D eigenvalue weighted by molar-refractivity contribution is -0.115. The Kier molecular flexibility index (Phi) is 6.98. The molecule has 0 aliphatic carbocycles. The Bertz CT molecular complexity index is 1280. The van der Waals surface area contributed by atoms with Gasteiger partial charge in [-0.25, -0.2) is 14.2 Å². The summed E-state index contributed by atoms with van der Waals surface area (Å²) >= 11 is 1.18. The van der Waals surface area contributed by atoms with Gasteiger partial charge < -0.3 is 23.9 Å². The van der Waals surface area contributed by atoms with Crippen molar-refractivity contribution in [2.45, 2.75) is 6.61 Å². The van der Waals surface area contributed by atoms with Crippen molar-refractivity contribution >= 4 is 40.6 Å². The number of furan rings is 1. The number of ether oxygens (including phenoxy) is 3. The number of amidine groups is 1. The summed E-state index contributed by atoms with van der Waals surface area (Å²) in [6.07, 6.45) is 1.70. The topological polar surface area (TPSA) is 99.4 Å². The van der Waals surface area contributed by atoms with Crippen LogP contribution in [0.1, 0.15) is 21.9 Å². The zero-order valence-electron chi connectivity index (χ0n) is 18.2. The number of esters is 1. The highest BCUT2D eigenvalue weighted by Crippen LogP contribution is 2.32. The second-order valence-electron chi connectivity index (χ2n) is 6.91. The molecule has 34 heavy (non-hydrogen) atoms. The van der Waals surface area contributed by atoms with Crippen LogP contribution in [0.15, 0.2) is 68.9 Å². The minimum absolute atomic E-state index is 0.0786. The van der Waals surface area contributed by atoms with E-state index in [9.17, 15) is 14.0 Å². The molecule has 1 fully saturated rings. The molecule has 0 atom stereocenters. The van der Waals surface area contributed by atoms with E-state index in [4.69, 9.17) is 13.9 Å². The van der Waals surface area contributed by atoms with Gasteiger partial charge in [0, 0.05) is 0 Å². The average molecular weight is 482 g/mol. The molecule has 2 aromatic carbocycles. The van der Waals surface area contributed by atoms with E-state index in [0.717, 1.165) is 5.56 Å². The van der Waals surface area contributed by atoms with Crippen molar-refractivity contribution in [3.63, 3.8) is 0 Å². The maximum Gasteiger partial charge on any atom is 0.373 e. The third-order valence-corrected chi connectivity index (χ3v) is 5.52. The van der Waals surface area contributed by atoms with E-state index in [1.165, 1.54) is 56.3 Å². The molecule has 1 N–H and O–H groups in total. The van der Waals surface area contributed by atoms with Crippen LogP contribution >= 0.6 is 11.8 Å². The fraction of sp³-hybridized carbons (Fsp3) is 0.125. The summed E-state index contributed by atoms with van der Waals surface area (Å²) in [4.78, 5) is 28.6. The van der Waals surface area contributed by atoms with Crippen LogP contribution in [0, 0.1) is 5.82 Å². The summed E-state index contributed by atoms with van der Waals surface area (Å²) in [6, 6.07) is 14.0. The van der Waals surface area contributed by atoms with Crippen LogP contribution in [0.5, 0.6) is 11.5 Å². The van der Waals surface area contributed by atoms with Crippen LogP contribution in [0.3, 0.4) is 0 Å². The van der Waals surface area contributed by atoms with Crippen molar-refractivity contribution in [1.29, 1.82) is 0 Å². The number of thioether (sulfide) groups is 1. The first-order valence-corrected chi connectivity index (χ1v) is 10.8. The van der Waals surface area contributed by atoms with E-state index < -0.39 is 5.97 Å². The molecule has 0 spiro atoms. The van der Waals surface area contributed by atoms with Gasteiger partial charge in [0.1, 0.15) is 18.2 Å². The molecule has 0 radical (unpaired) electrons. The van der Waals surface area contributed by atoms with E-state index >= 15 is 0 Å². The Labute approximate surface area is 198 Å². The molecule has 2 heterocycles. The number of aliphatic imine (C=N–C) groups is 1. The summed E-state index contributed by atoms with van der Waals surface area (Å²) in [6.45, 7) is 0.0786. The summed E-state index contributed by atoms with van der Waals surface area (Å²) in [5.41, 5.74) is 1.25. The van der Waals surface area contributed by atoms with Gasteiger partial charge in [-0.05, 0) is 71.9 Å². The zero-order valence-corrected chi connectivity index (χ0v) is 19.0. The summed E-state index contributed by atoms with van der Waals surface area (Å²) in [7, 11) is 2.78. The van der Waals surface area contributed by atoms with Gasteiger partial charge in [-0.15, -0.1) is 0 Å². The van der Waals surface area contributed by atoms with E-state index in [0.29, 0.717) is 33.0 Å². The predicted molar refractivity (Wildman–Crippen MR) is 125 cm³/mol. The van der Waals surface area contributed by atoms with E-state index in [1.807, 2.05) is 0 Å². The van der Waals surface area contributed by atoms with Crippen LogP contribution in [0.4, 0.5) is 10.1 Å². The second kappa shape index (κ2) is 10.3. The molecule has 0 bridgehead atoms. The van der Waals surface area contributed by atoms with Crippen molar-refractivity contribution < 1.29 is 32.6 Å². The molecule has 1 saturated heterocycles. The van der Waals surface area contributed by atoms with Crippen molar-refractivity contribution in [2.24, 2.45) is 4.99 Å². The number of carbonyl (C=O) groups is 2. The Hall–Kier alpha value is -4.05. The number of hydrogen-bond donors (Lipinski definition) is 1. The van der Waals surface area contributed by atoms with Crippen LogP contribution in [-0.4, -0.2) is 31.3 Å². The molecule has 3 aromatic rings. The highest BCUT2D eigenvalue weighted by Gasteiger charge is 2.24. The first-order chi connectivity index (χ1) is 16.4. The summed E-state index contributed by atoms with van der Waals surface area (Å²) in [5, 5.41) is 3.09. The van der Waals surface area contributed by atoms with Crippen LogP contribution in [0.2, 0.25) is 0 Å². The average Bonchev–Trinajstić information content (AvgIpc) is 3.45. The summed E-state index contributed by atoms with van der Waals surface area (Å²) in [5.74, 6) is 0.236. The second-order valence-corrected chi connectivity index (χ2v) is 7.95. The third-order valence-electron chi connectivity index (χ3n) is 4.61. The molecule has 1 amide bonds. The highest BCUT2D eigenvalue weighted by atomic mass is 32.2. The number of nitrogens with zero attached hydrogens (tertiary/aromatic N) is 1. The lowest BCUT2D eigenvalue weighted by Gasteiger charge is -2.10. The van der Waals surface area contributed by atoms with Crippen molar-refractivity contribution in [3.05, 3.63) is 82.4 Å². The largest absolute Gasteiger partial charge is 0.493 e. The Morgan fingerprint density at radius 1 is 1.12 bits per heavy atom. The highest BCUT2D eigenvalue weighted by molar-refractivity contribution is 8.18. The number of methoxy groups -OCH3 is 2. The van der Waals surface area contributed by atoms with Gasteiger partial charge in [-0.2, -0.15) is 0 Å². The Morgan fingerprint density at radius 2 is 1.91 bits per heavy atom. The molecule has 0 unspecified atom stereocenters. The number of rotatable bonds is 7. The standard InChI is InChI=1S/C24H19FN2O6S/c1-30-20-11-14(3-9-18(20)32-13-17-8-10-19(33-17)23(29)31-2)12-21-22(28)27-24(34-21)26-16-6-4-15(25)5-7-16/h3-12H,13H2,1-2H3,(H,26,27,28). The molecule has 1 aliphatic rings. The van der Waals surface area contributed by atoms with Gasteiger partial charge >= 0.3 is 5.97 Å². The monoisotopic (exact) mass is 482 g/mol. The number of hydrogen-bond acceptors (Lipinski definition) is 8. The van der Waals surface area contributed by atoms with E-state index in [1.54, 1.807) is 30.3 Å². The fourth-order valence-electron chi connectivity index (χ4n) is 2.97. The molecular formula is C24H19FN2O6S. The maximum absolute atomic E-state index is 13.1. The molecule has 8 nitrogen and oxygen atoms in total. The van der Waals surface area contributed by atoms with Gasteiger partial charge in [-0.1, -0.05) is 6.07 Å². The molecule has 0 saturated carbocycles. The minimum Gasteiger partial charge on any atom is -0.493 e. The number of amides is 1. The number of benzene rings is 2. The van der Waals surface area contributed by atoms with Crippen LogP contribution < -0.4 is 14.8 Å². The van der Waals surface area contributed by atoms with Crippen LogP contribution in [0.25, 0.3) is 6.08 Å². The fourth-order valence-corrected chi connectivity index (χ4v) is 3.81. The van der Waals surface area contributed by atoms with Gasteiger partial charge in [0.2, 0.25) is 5.76 Å². The van der Waals surface area contributed by atoms with Crippen molar-refractivity contribution in [2.75, 3.05) is 14.2 Å². The third kappa shape index (κ3) is 5.46. The number of carbonyl (C=O) groups excluding carboxylic acids is 2. The summed E-state index contributed by atoms with van der Waals surface area (Å²) < 4.78 is 34.2. The maximum atomic E-state index is 13.1. The predicted octanol–water partition coefficient (Wildman–Crippen LogP) is 4.68. The lowest BCUT2D eigenvalue weighted by Crippen LogP contribution is -2.19. The van der Waals surface area contributed by atoms with E-state index in [2.05, 4.69) is 15.0 Å². The molecule has 1 aromatic heterocycles. The van der Waals surface area contributed by atoms with Gasteiger partial charge in [0.25, 0.3) is 5.91 Å². The Balaban J connectivity index is 1.45. The van der Waals surface area contributed by atoms with Crippen molar-refractivity contribution in [1.82, 2.24) is 5.32 Å². The number of halogens is 1. The number of nitrogens with one attached hydrogen (secondary N) is 1. The smallest absolute Gasteiger partial charge is 0.373 e. The van der Waals surface area contributed by atoms with E-state index in [-0.39, 0.29) is 24.1 Å². The first kappa shape index (κ1) is 23.1. The molecule has 4 rings (SSSR count). The van der Waals surface area contributed by atoms with Gasteiger partial charge in [0.05, 0.1) is 24.8 Å². The molecular weight excluding hydrogens is 463 g/mol. The van der Waals surface area contributed by atoms with Crippen molar-refractivity contribution in [3.8, 4) is 11.5 Å². The normalized spacial score (nSPS) is 15.4. The lowest BCUT2D eigenvalue weighted by atomic mass is 10.2. The van der Waals surface area contributed by atoms with Gasteiger partial charge in [0.15, 0.2) is 16.7 Å². The van der Waals surface area contributed by atoms with Crippen LogP contribution in [-0.2, 0) is 16.1 Å². The molecule has 1 aliphatic heterocycles. The Morgan fingerprint density at radius 3 is 2.65 bits per heavy atom. The van der Waals surface area contributed by atoms with Gasteiger partial charge in [-0.3, -0.25) is 4.79 Å². The first-order valence-electron chi connectivity index (χ1n) is 9.98. The molecule has 174 valence electrons. The molecule has 10 heteroatoms. The SMILES string of the molecule is COC(=O)c1ccc(COc2ccc(C=C3SC(=Nc4ccc(F)cc4)NC3=O)cc2OC)o1. The minimum atomic E-state index is -0.569. The zero-order chi connectivity index (χ0) is 24.1.